The van der Waals surface area contributed by atoms with E-state index in [0.717, 1.165) is 42.3 Å². The zero-order valence-corrected chi connectivity index (χ0v) is 13.5. The lowest BCUT2D eigenvalue weighted by atomic mass is 9.81. The molecule has 3 nitrogen and oxygen atoms in total. The second kappa shape index (κ2) is 7.23. The average Bonchev–Trinajstić information content (AvgIpc) is 2.48. The van der Waals surface area contributed by atoms with Gasteiger partial charge < -0.3 is 11.1 Å². The number of carbonyl (C=O) groups excluding carboxylic acids is 1. The number of nitrogens with two attached hydrogens (primary N) is 1. The number of benzene rings is 1. The van der Waals surface area contributed by atoms with Crippen LogP contribution in [-0.4, -0.2) is 12.5 Å². The van der Waals surface area contributed by atoms with Crippen molar-refractivity contribution in [2.24, 2.45) is 17.6 Å². The van der Waals surface area contributed by atoms with E-state index >= 15 is 0 Å². The van der Waals surface area contributed by atoms with Crippen LogP contribution in [0.15, 0.2) is 28.7 Å². The lowest BCUT2D eigenvalue weighted by Gasteiger charge is -2.28. The molecule has 1 amide bonds. The molecule has 0 spiro atoms. The zero-order valence-electron chi connectivity index (χ0n) is 11.9. The summed E-state index contributed by atoms with van der Waals surface area (Å²) in [7, 11) is 0. The van der Waals surface area contributed by atoms with Crippen LogP contribution < -0.4 is 11.1 Å². The minimum atomic E-state index is 0.0582. The Bertz CT molecular complexity index is 438. The largest absolute Gasteiger partial charge is 0.349 e. The number of hydrogen-bond acceptors (Lipinski definition) is 2. The predicted molar refractivity (Wildman–Crippen MR) is 85.2 cm³/mol. The van der Waals surface area contributed by atoms with Gasteiger partial charge in [-0.05, 0) is 62.8 Å². The third kappa shape index (κ3) is 4.06. The van der Waals surface area contributed by atoms with Gasteiger partial charge in [0.25, 0.3) is 0 Å². The summed E-state index contributed by atoms with van der Waals surface area (Å²) >= 11 is 3.42. The Morgan fingerprint density at radius 3 is 2.45 bits per heavy atom. The third-order valence-electron chi connectivity index (χ3n) is 4.28. The van der Waals surface area contributed by atoms with E-state index in [9.17, 15) is 4.79 Å². The molecule has 110 valence electrons. The smallest absolute Gasteiger partial charge is 0.223 e. The molecule has 1 aliphatic rings. The molecule has 20 heavy (non-hydrogen) atoms. The molecule has 4 heteroatoms. The van der Waals surface area contributed by atoms with Gasteiger partial charge in [0.05, 0.1) is 6.04 Å². The van der Waals surface area contributed by atoms with Crippen molar-refractivity contribution in [2.45, 2.75) is 38.6 Å². The number of rotatable bonds is 4. The molecule has 1 aliphatic carbocycles. The molecule has 0 radical (unpaired) electrons. The van der Waals surface area contributed by atoms with Gasteiger partial charge in [-0.15, -0.1) is 0 Å². The van der Waals surface area contributed by atoms with Crippen molar-refractivity contribution in [3.63, 3.8) is 0 Å². The van der Waals surface area contributed by atoms with Crippen molar-refractivity contribution < 1.29 is 4.79 Å². The molecule has 0 bridgehead atoms. The Balaban J connectivity index is 1.86. The molecule has 3 N–H and O–H groups in total. The first-order chi connectivity index (χ1) is 9.60. The lowest BCUT2D eigenvalue weighted by Crippen LogP contribution is -2.35. The minimum Gasteiger partial charge on any atom is -0.349 e. The molecule has 2 rings (SSSR count). The van der Waals surface area contributed by atoms with Gasteiger partial charge in [0.1, 0.15) is 0 Å². The molecule has 1 atom stereocenters. The number of nitrogens with one attached hydrogen (secondary N) is 1. The van der Waals surface area contributed by atoms with Crippen molar-refractivity contribution >= 4 is 21.8 Å². The molecule has 0 saturated heterocycles. The van der Waals surface area contributed by atoms with Crippen molar-refractivity contribution in [3.8, 4) is 0 Å². The summed E-state index contributed by atoms with van der Waals surface area (Å²) in [5.41, 5.74) is 6.83. The summed E-state index contributed by atoms with van der Waals surface area (Å²) in [6.07, 6.45) is 4.12. The van der Waals surface area contributed by atoms with Crippen molar-refractivity contribution in [1.29, 1.82) is 0 Å². The maximum atomic E-state index is 12.3. The summed E-state index contributed by atoms with van der Waals surface area (Å²) in [6.45, 7) is 2.79. The van der Waals surface area contributed by atoms with E-state index in [1.165, 1.54) is 0 Å². The topological polar surface area (TPSA) is 55.1 Å². The molecule has 0 heterocycles. The van der Waals surface area contributed by atoms with Gasteiger partial charge in [-0.1, -0.05) is 28.1 Å². The summed E-state index contributed by atoms with van der Waals surface area (Å²) in [6, 6.07) is 8.15. The second-order valence-electron chi connectivity index (χ2n) is 5.74. The molecule has 1 saturated carbocycles. The zero-order chi connectivity index (χ0) is 14.5. The highest BCUT2D eigenvalue weighted by molar-refractivity contribution is 9.10. The normalized spacial score (nSPS) is 24.1. The van der Waals surface area contributed by atoms with Gasteiger partial charge in [0, 0.05) is 10.4 Å². The highest BCUT2D eigenvalue weighted by atomic mass is 79.9. The fourth-order valence-electron chi connectivity index (χ4n) is 2.83. The maximum absolute atomic E-state index is 12.3. The molecule has 0 aliphatic heterocycles. The number of carbonyl (C=O) groups is 1. The molecule has 0 aromatic heterocycles. The van der Waals surface area contributed by atoms with E-state index < -0.39 is 0 Å². The SMILES string of the molecule is C[C@H](NC(=O)C1CCC(CN)CC1)c1ccc(Br)cc1. The first kappa shape index (κ1) is 15.5. The molecular weight excluding hydrogens is 316 g/mol. The van der Waals surface area contributed by atoms with Gasteiger partial charge in [0.2, 0.25) is 5.91 Å². The van der Waals surface area contributed by atoms with E-state index in [0.29, 0.717) is 5.92 Å². The lowest BCUT2D eigenvalue weighted by molar-refractivity contribution is -0.126. The van der Waals surface area contributed by atoms with Crippen LogP contribution >= 0.6 is 15.9 Å². The fraction of sp³-hybridized carbons (Fsp3) is 0.562. The van der Waals surface area contributed by atoms with Gasteiger partial charge in [0.15, 0.2) is 0 Å². The van der Waals surface area contributed by atoms with Crippen LogP contribution in [0.5, 0.6) is 0 Å². The van der Waals surface area contributed by atoms with Gasteiger partial charge in [-0.25, -0.2) is 0 Å². The summed E-state index contributed by atoms with van der Waals surface area (Å²) in [4.78, 5) is 12.3. The molecule has 1 aromatic carbocycles. The van der Waals surface area contributed by atoms with Crippen LogP contribution in [0.4, 0.5) is 0 Å². The van der Waals surface area contributed by atoms with E-state index in [1.807, 2.05) is 31.2 Å². The van der Waals surface area contributed by atoms with Gasteiger partial charge in [-0.2, -0.15) is 0 Å². The highest BCUT2D eigenvalue weighted by Crippen LogP contribution is 2.28. The van der Waals surface area contributed by atoms with Crippen molar-refractivity contribution in [3.05, 3.63) is 34.3 Å². The van der Waals surface area contributed by atoms with Gasteiger partial charge in [-0.3, -0.25) is 4.79 Å². The molecular formula is C16H23BrN2O. The Hall–Kier alpha value is -0.870. The van der Waals surface area contributed by atoms with Crippen LogP contribution in [0.25, 0.3) is 0 Å². The van der Waals surface area contributed by atoms with Crippen LogP contribution in [0.2, 0.25) is 0 Å². The first-order valence-corrected chi connectivity index (χ1v) is 8.15. The fourth-order valence-corrected chi connectivity index (χ4v) is 3.09. The van der Waals surface area contributed by atoms with Crippen molar-refractivity contribution in [2.75, 3.05) is 6.54 Å². The summed E-state index contributed by atoms with van der Waals surface area (Å²) in [5, 5.41) is 3.13. The number of amides is 1. The van der Waals surface area contributed by atoms with Crippen LogP contribution in [0.3, 0.4) is 0 Å². The minimum absolute atomic E-state index is 0.0582. The van der Waals surface area contributed by atoms with Crippen LogP contribution in [0.1, 0.15) is 44.2 Å². The monoisotopic (exact) mass is 338 g/mol. The Kier molecular flexibility index (Phi) is 5.61. The van der Waals surface area contributed by atoms with Crippen LogP contribution in [-0.2, 0) is 4.79 Å². The quantitative estimate of drug-likeness (QED) is 0.883. The average molecular weight is 339 g/mol. The number of hydrogen-bond donors (Lipinski definition) is 2. The van der Waals surface area contributed by atoms with Crippen LogP contribution in [0, 0.1) is 11.8 Å². The van der Waals surface area contributed by atoms with E-state index in [4.69, 9.17) is 5.73 Å². The second-order valence-corrected chi connectivity index (χ2v) is 6.65. The summed E-state index contributed by atoms with van der Waals surface area (Å²) < 4.78 is 1.06. The number of halogens is 1. The van der Waals surface area contributed by atoms with E-state index in [1.54, 1.807) is 0 Å². The molecule has 0 unspecified atom stereocenters. The maximum Gasteiger partial charge on any atom is 0.223 e. The first-order valence-electron chi connectivity index (χ1n) is 7.36. The highest BCUT2D eigenvalue weighted by Gasteiger charge is 2.26. The van der Waals surface area contributed by atoms with E-state index in [-0.39, 0.29) is 17.9 Å². The standard InChI is InChI=1S/C16H23BrN2O/c1-11(13-6-8-15(17)9-7-13)19-16(20)14-4-2-12(10-18)3-5-14/h6-9,11-12,14H,2-5,10,18H2,1H3,(H,19,20)/t11-,12?,14?/m0/s1. The summed E-state index contributed by atoms with van der Waals surface area (Å²) in [5.74, 6) is 0.967. The van der Waals surface area contributed by atoms with Gasteiger partial charge >= 0.3 is 0 Å². The third-order valence-corrected chi connectivity index (χ3v) is 4.81. The molecule has 1 aromatic rings. The van der Waals surface area contributed by atoms with E-state index in [2.05, 4.69) is 21.2 Å². The Labute approximate surface area is 129 Å². The van der Waals surface area contributed by atoms with Crippen molar-refractivity contribution in [1.82, 2.24) is 5.32 Å². The Morgan fingerprint density at radius 2 is 1.90 bits per heavy atom. The Morgan fingerprint density at radius 1 is 1.30 bits per heavy atom. The molecule has 1 fully saturated rings. The predicted octanol–water partition coefficient (Wildman–Crippen LogP) is 3.39.